The van der Waals surface area contributed by atoms with E-state index in [1.54, 1.807) is 0 Å². The monoisotopic (exact) mass is 212 g/mol. The molecule has 0 heteroatoms. The molecule has 0 aliphatic heterocycles. The van der Waals surface area contributed by atoms with E-state index in [0.717, 1.165) is 17.8 Å². The van der Waals surface area contributed by atoms with E-state index in [9.17, 15) is 0 Å². The normalized spacial score (nSPS) is 15.6. The first-order valence-electron chi connectivity index (χ1n) is 7.09. The Kier molecular flexibility index (Phi) is 9.24. The molecule has 0 radical (unpaired) electrons. The van der Waals surface area contributed by atoms with Crippen molar-refractivity contribution in [2.24, 2.45) is 17.8 Å². The summed E-state index contributed by atoms with van der Waals surface area (Å²) in [7, 11) is 0. The van der Waals surface area contributed by atoms with Crippen LogP contribution in [0.2, 0.25) is 0 Å². The second kappa shape index (κ2) is 9.24. The molecule has 0 rings (SSSR count). The van der Waals surface area contributed by atoms with Crippen LogP contribution in [0.3, 0.4) is 0 Å². The van der Waals surface area contributed by atoms with Gasteiger partial charge in [0.15, 0.2) is 0 Å². The van der Waals surface area contributed by atoms with Gasteiger partial charge in [-0.1, -0.05) is 79.6 Å². The van der Waals surface area contributed by atoms with E-state index in [2.05, 4.69) is 34.6 Å². The lowest BCUT2D eigenvalue weighted by Gasteiger charge is -2.23. The zero-order valence-corrected chi connectivity index (χ0v) is 11.7. The largest absolute Gasteiger partial charge is 0.0654 e. The Balaban J connectivity index is 3.34. The minimum Gasteiger partial charge on any atom is -0.0654 e. The first-order chi connectivity index (χ1) is 7.09. The van der Waals surface area contributed by atoms with Crippen LogP contribution in [0.25, 0.3) is 0 Å². The highest BCUT2D eigenvalue weighted by atomic mass is 14.2. The van der Waals surface area contributed by atoms with Gasteiger partial charge in [-0.3, -0.25) is 0 Å². The SMILES string of the molecule is CCCCCCCCC(C)C(C)C(C)C. The van der Waals surface area contributed by atoms with E-state index >= 15 is 0 Å². The molecule has 0 aliphatic rings. The minimum atomic E-state index is 0.847. The third kappa shape index (κ3) is 7.88. The molecular weight excluding hydrogens is 180 g/mol. The molecule has 0 aromatic heterocycles. The molecule has 2 unspecified atom stereocenters. The fourth-order valence-electron chi connectivity index (χ4n) is 2.17. The van der Waals surface area contributed by atoms with Gasteiger partial charge in [0.05, 0.1) is 0 Å². The lowest BCUT2D eigenvalue weighted by molar-refractivity contribution is 0.275. The van der Waals surface area contributed by atoms with E-state index < -0.39 is 0 Å². The molecule has 92 valence electrons. The number of rotatable bonds is 9. The van der Waals surface area contributed by atoms with Gasteiger partial charge in [-0.15, -0.1) is 0 Å². The maximum Gasteiger partial charge on any atom is -0.0394 e. The average Bonchev–Trinajstić information content (AvgIpc) is 2.21. The molecule has 0 aromatic carbocycles. The van der Waals surface area contributed by atoms with Crippen molar-refractivity contribution >= 4 is 0 Å². The molecule has 0 amide bonds. The number of hydrogen-bond donors (Lipinski definition) is 0. The van der Waals surface area contributed by atoms with Crippen LogP contribution in [-0.2, 0) is 0 Å². The van der Waals surface area contributed by atoms with Gasteiger partial charge < -0.3 is 0 Å². The number of hydrogen-bond acceptors (Lipinski definition) is 0. The maximum atomic E-state index is 2.43. The van der Waals surface area contributed by atoms with Crippen LogP contribution in [0.5, 0.6) is 0 Å². The highest BCUT2D eigenvalue weighted by Gasteiger charge is 2.14. The van der Waals surface area contributed by atoms with Crippen molar-refractivity contribution in [2.75, 3.05) is 0 Å². The van der Waals surface area contributed by atoms with Gasteiger partial charge in [0.1, 0.15) is 0 Å². The first-order valence-corrected chi connectivity index (χ1v) is 7.09. The smallest absolute Gasteiger partial charge is 0.0394 e. The molecule has 0 saturated carbocycles. The first kappa shape index (κ1) is 15.0. The summed E-state index contributed by atoms with van der Waals surface area (Å²) in [5, 5.41) is 0. The fourth-order valence-corrected chi connectivity index (χ4v) is 2.17. The number of unbranched alkanes of at least 4 members (excludes halogenated alkanes) is 5. The Labute approximate surface area is 97.8 Å². The third-order valence-corrected chi connectivity index (χ3v) is 3.96. The van der Waals surface area contributed by atoms with Crippen molar-refractivity contribution in [2.45, 2.75) is 79.6 Å². The lowest BCUT2D eigenvalue weighted by atomic mass is 9.83. The van der Waals surface area contributed by atoms with Gasteiger partial charge in [-0.25, -0.2) is 0 Å². The molecule has 0 bridgehead atoms. The molecule has 0 heterocycles. The van der Waals surface area contributed by atoms with Crippen LogP contribution < -0.4 is 0 Å². The second-order valence-corrected chi connectivity index (χ2v) is 5.64. The van der Waals surface area contributed by atoms with E-state index in [0.29, 0.717) is 0 Å². The van der Waals surface area contributed by atoms with Crippen LogP contribution >= 0.6 is 0 Å². The van der Waals surface area contributed by atoms with Crippen LogP contribution in [-0.4, -0.2) is 0 Å². The zero-order chi connectivity index (χ0) is 11.7. The van der Waals surface area contributed by atoms with Crippen molar-refractivity contribution in [3.05, 3.63) is 0 Å². The van der Waals surface area contributed by atoms with Crippen LogP contribution in [0.15, 0.2) is 0 Å². The highest BCUT2D eigenvalue weighted by molar-refractivity contribution is 4.65. The summed E-state index contributed by atoms with van der Waals surface area (Å²) >= 11 is 0. The summed E-state index contributed by atoms with van der Waals surface area (Å²) in [5.41, 5.74) is 0. The molecule has 0 nitrogen and oxygen atoms in total. The van der Waals surface area contributed by atoms with Gasteiger partial charge >= 0.3 is 0 Å². The van der Waals surface area contributed by atoms with Crippen molar-refractivity contribution in [3.8, 4) is 0 Å². The second-order valence-electron chi connectivity index (χ2n) is 5.64. The summed E-state index contributed by atoms with van der Waals surface area (Å²) in [6.07, 6.45) is 10.0. The Morgan fingerprint density at radius 1 is 0.733 bits per heavy atom. The van der Waals surface area contributed by atoms with Crippen LogP contribution in [0.4, 0.5) is 0 Å². The van der Waals surface area contributed by atoms with Crippen LogP contribution in [0.1, 0.15) is 79.6 Å². The molecule has 0 N–H and O–H groups in total. The molecule has 0 spiro atoms. The minimum absolute atomic E-state index is 0.847. The van der Waals surface area contributed by atoms with Gasteiger partial charge in [0.25, 0.3) is 0 Å². The third-order valence-electron chi connectivity index (χ3n) is 3.96. The predicted octanol–water partition coefficient (Wildman–Crippen LogP) is 5.67. The summed E-state index contributed by atoms with van der Waals surface area (Å²) < 4.78 is 0. The average molecular weight is 212 g/mol. The van der Waals surface area contributed by atoms with Gasteiger partial charge in [-0.2, -0.15) is 0 Å². The van der Waals surface area contributed by atoms with Crippen molar-refractivity contribution in [1.29, 1.82) is 0 Å². The summed E-state index contributed by atoms with van der Waals surface area (Å²) in [4.78, 5) is 0. The highest BCUT2D eigenvalue weighted by Crippen LogP contribution is 2.24. The maximum absolute atomic E-state index is 2.43. The van der Waals surface area contributed by atoms with E-state index in [-0.39, 0.29) is 0 Å². The molecule has 0 saturated heterocycles. The predicted molar refractivity (Wildman–Crippen MR) is 71.2 cm³/mol. The summed E-state index contributed by atoms with van der Waals surface area (Å²) in [6, 6.07) is 0. The molecular formula is C15H32. The van der Waals surface area contributed by atoms with Crippen molar-refractivity contribution in [3.63, 3.8) is 0 Å². The van der Waals surface area contributed by atoms with Crippen molar-refractivity contribution < 1.29 is 0 Å². The molecule has 0 aromatic rings. The zero-order valence-electron chi connectivity index (χ0n) is 11.7. The van der Waals surface area contributed by atoms with Gasteiger partial charge in [0, 0.05) is 0 Å². The Hall–Kier alpha value is 0. The molecule has 0 fully saturated rings. The Bertz CT molecular complexity index is 126. The van der Waals surface area contributed by atoms with E-state index in [1.807, 2.05) is 0 Å². The molecule has 2 atom stereocenters. The van der Waals surface area contributed by atoms with E-state index in [4.69, 9.17) is 0 Å². The van der Waals surface area contributed by atoms with E-state index in [1.165, 1.54) is 44.9 Å². The quantitative estimate of drug-likeness (QED) is 0.432. The summed E-state index contributed by atoms with van der Waals surface area (Å²) in [6.45, 7) is 11.8. The Morgan fingerprint density at radius 2 is 1.27 bits per heavy atom. The summed E-state index contributed by atoms with van der Waals surface area (Å²) in [5.74, 6) is 2.65. The van der Waals surface area contributed by atoms with Crippen LogP contribution in [0, 0.1) is 17.8 Å². The topological polar surface area (TPSA) is 0 Å². The van der Waals surface area contributed by atoms with Gasteiger partial charge in [-0.05, 0) is 17.8 Å². The lowest BCUT2D eigenvalue weighted by Crippen LogP contribution is -2.14. The molecule has 0 aliphatic carbocycles. The van der Waals surface area contributed by atoms with Crippen molar-refractivity contribution in [1.82, 2.24) is 0 Å². The standard InChI is InChI=1S/C15H32/c1-6-7-8-9-10-11-12-14(4)15(5)13(2)3/h13-15H,6-12H2,1-5H3. The van der Waals surface area contributed by atoms with Gasteiger partial charge in [0.2, 0.25) is 0 Å². The Morgan fingerprint density at radius 3 is 1.80 bits per heavy atom. The fraction of sp³-hybridized carbons (Fsp3) is 1.00. The molecule has 15 heavy (non-hydrogen) atoms.